The largest absolute Gasteiger partial charge is 0.454 e. The molecule has 0 radical (unpaired) electrons. The Morgan fingerprint density at radius 2 is 1.71 bits per heavy atom. The van der Waals surface area contributed by atoms with E-state index >= 15 is 0 Å². The van der Waals surface area contributed by atoms with Crippen LogP contribution in [0.4, 0.5) is 5.69 Å². The maximum Gasteiger partial charge on any atom is 0.338 e. The number of benzene rings is 2. The first-order valence-electron chi connectivity index (χ1n) is 10.6. The molecule has 0 aliphatic heterocycles. The summed E-state index contributed by atoms with van der Waals surface area (Å²) in [5.74, 6) is -1.17. The molecule has 0 spiro atoms. The first-order valence-corrected chi connectivity index (χ1v) is 12.5. The van der Waals surface area contributed by atoms with Crippen LogP contribution in [0.5, 0.6) is 0 Å². The van der Waals surface area contributed by atoms with Gasteiger partial charge in [0.2, 0.25) is 0 Å². The predicted molar refractivity (Wildman–Crippen MR) is 133 cm³/mol. The molecule has 1 heterocycles. The highest BCUT2D eigenvalue weighted by Crippen LogP contribution is 2.26. The number of rotatable bonds is 7. The Balaban J connectivity index is 1.93. The molecule has 0 fully saturated rings. The van der Waals surface area contributed by atoms with Crippen LogP contribution in [0, 0.1) is 12.3 Å². The minimum absolute atomic E-state index is 0.108. The molecule has 0 atom stereocenters. The predicted octanol–water partition coefficient (Wildman–Crippen LogP) is 3.71. The minimum atomic E-state index is -4.37. The summed E-state index contributed by atoms with van der Waals surface area (Å²) in [6.07, 6.45) is 0. The maximum absolute atomic E-state index is 13.2. The first-order chi connectivity index (χ1) is 16.2. The number of carbonyl (C=O) groups is 2. The number of hydrogen-bond donors (Lipinski definition) is 1. The average Bonchev–Trinajstić information content (AvgIpc) is 3.00. The number of ketones is 1. The molecule has 186 valence electrons. The number of halogens is 1. The molecule has 9 nitrogen and oxygen atoms in total. The van der Waals surface area contributed by atoms with Crippen LogP contribution in [0.3, 0.4) is 0 Å². The van der Waals surface area contributed by atoms with Crippen LogP contribution >= 0.6 is 11.6 Å². The van der Waals surface area contributed by atoms with E-state index in [9.17, 15) is 22.8 Å². The van der Waals surface area contributed by atoms with Gasteiger partial charge >= 0.3 is 5.97 Å². The van der Waals surface area contributed by atoms with Gasteiger partial charge in [0.25, 0.3) is 15.6 Å². The Labute approximate surface area is 208 Å². The van der Waals surface area contributed by atoms with Gasteiger partial charge in [-0.2, -0.15) is 0 Å². The lowest BCUT2D eigenvalue weighted by Crippen LogP contribution is -2.26. The van der Waals surface area contributed by atoms with Crippen molar-refractivity contribution in [2.24, 2.45) is 12.5 Å². The first kappa shape index (κ1) is 26.2. The summed E-state index contributed by atoms with van der Waals surface area (Å²) in [5.41, 5.74) is -0.610. The van der Waals surface area contributed by atoms with Crippen molar-refractivity contribution in [1.29, 1.82) is 0 Å². The number of hydrogen-bond acceptors (Lipinski definition) is 6. The van der Waals surface area contributed by atoms with Crippen LogP contribution in [0.1, 0.15) is 36.8 Å². The van der Waals surface area contributed by atoms with Crippen molar-refractivity contribution in [2.75, 3.05) is 11.3 Å². The molecule has 3 aromatic rings. The highest BCUT2D eigenvalue weighted by Gasteiger charge is 2.27. The fraction of sp³-hybridized carbons (Fsp3) is 0.292. The number of aromatic nitrogens is 2. The van der Waals surface area contributed by atoms with Crippen molar-refractivity contribution >= 4 is 39.1 Å². The molecule has 1 aromatic heterocycles. The molecule has 2 aromatic carbocycles. The third-order valence-electron chi connectivity index (χ3n) is 5.42. The van der Waals surface area contributed by atoms with Crippen LogP contribution in [0.15, 0.2) is 58.2 Å². The fourth-order valence-electron chi connectivity index (χ4n) is 3.14. The van der Waals surface area contributed by atoms with Crippen molar-refractivity contribution in [3.05, 3.63) is 75.2 Å². The number of nitrogens with zero attached hydrogens (tertiary/aromatic N) is 2. The van der Waals surface area contributed by atoms with E-state index in [0.717, 1.165) is 6.07 Å². The smallest absolute Gasteiger partial charge is 0.338 e. The fourth-order valence-corrected chi connectivity index (χ4v) is 4.79. The standard InChI is InChI=1S/C24H26ClN3O6S/c1-15-21(22(30)28(27(15)5)17-9-7-6-8-10-17)26-35(32,33)19-13-16(11-12-18(19)25)23(31)34-14-20(29)24(2,3)4/h6-13,26H,14H2,1-5H3. The number of para-hydroxylation sites is 1. The number of ether oxygens (including phenoxy) is 1. The van der Waals surface area contributed by atoms with Crippen LogP contribution in [0.25, 0.3) is 5.69 Å². The molecule has 35 heavy (non-hydrogen) atoms. The summed E-state index contributed by atoms with van der Waals surface area (Å²) in [7, 11) is -2.74. The van der Waals surface area contributed by atoms with E-state index in [1.54, 1.807) is 65.1 Å². The van der Waals surface area contributed by atoms with Gasteiger partial charge in [-0.05, 0) is 37.3 Å². The number of sulfonamides is 1. The average molecular weight is 520 g/mol. The summed E-state index contributed by atoms with van der Waals surface area (Å²) >= 11 is 6.14. The molecule has 0 aliphatic carbocycles. The van der Waals surface area contributed by atoms with E-state index in [1.807, 2.05) is 0 Å². The molecule has 0 saturated carbocycles. The Morgan fingerprint density at radius 3 is 2.31 bits per heavy atom. The van der Waals surface area contributed by atoms with Crippen molar-refractivity contribution in [3.63, 3.8) is 0 Å². The Morgan fingerprint density at radius 1 is 1.09 bits per heavy atom. The topological polar surface area (TPSA) is 116 Å². The maximum atomic E-state index is 13.2. The zero-order chi connectivity index (χ0) is 26.1. The van der Waals surface area contributed by atoms with Gasteiger partial charge in [0, 0.05) is 12.5 Å². The van der Waals surface area contributed by atoms with Crippen molar-refractivity contribution in [2.45, 2.75) is 32.6 Å². The minimum Gasteiger partial charge on any atom is -0.454 e. The van der Waals surface area contributed by atoms with Gasteiger partial charge in [-0.3, -0.25) is 19.0 Å². The lowest BCUT2D eigenvalue weighted by molar-refractivity contribution is -0.129. The van der Waals surface area contributed by atoms with Gasteiger partial charge in [0.1, 0.15) is 10.6 Å². The Kier molecular flexibility index (Phi) is 7.28. The summed E-state index contributed by atoms with van der Waals surface area (Å²) in [4.78, 5) is 37.2. The van der Waals surface area contributed by atoms with Gasteiger partial charge in [-0.15, -0.1) is 0 Å². The van der Waals surface area contributed by atoms with Crippen LogP contribution in [-0.2, 0) is 26.6 Å². The van der Waals surface area contributed by atoms with Gasteiger partial charge in [-0.1, -0.05) is 50.6 Å². The van der Waals surface area contributed by atoms with Gasteiger partial charge < -0.3 is 4.74 Å². The van der Waals surface area contributed by atoms with Crippen LogP contribution in [-0.4, -0.2) is 36.1 Å². The molecule has 0 bridgehead atoms. The SMILES string of the molecule is Cc1c(NS(=O)(=O)c2cc(C(=O)OCC(=O)C(C)(C)C)ccc2Cl)c(=O)n(-c2ccccc2)n1C. The monoisotopic (exact) mass is 519 g/mol. The third kappa shape index (κ3) is 5.49. The molecule has 3 rings (SSSR count). The molecular formula is C24H26ClN3O6S. The lowest BCUT2D eigenvalue weighted by Gasteiger charge is -2.16. The van der Waals surface area contributed by atoms with E-state index < -0.39 is 38.5 Å². The normalized spacial score (nSPS) is 11.8. The number of esters is 1. The Hall–Kier alpha value is -3.37. The highest BCUT2D eigenvalue weighted by atomic mass is 35.5. The zero-order valence-electron chi connectivity index (χ0n) is 20.0. The van der Waals surface area contributed by atoms with E-state index in [0.29, 0.717) is 11.4 Å². The molecule has 0 unspecified atom stereocenters. The van der Waals surface area contributed by atoms with Gasteiger partial charge in [0.15, 0.2) is 12.4 Å². The van der Waals surface area contributed by atoms with Crippen molar-refractivity contribution in [3.8, 4) is 5.69 Å². The number of carbonyl (C=O) groups excluding carboxylic acids is 2. The second kappa shape index (κ2) is 9.71. The van der Waals surface area contributed by atoms with E-state index in [2.05, 4.69) is 4.72 Å². The summed E-state index contributed by atoms with van der Waals surface area (Å²) in [6, 6.07) is 12.3. The van der Waals surface area contributed by atoms with Gasteiger partial charge in [0.05, 0.1) is 22.0 Å². The third-order valence-corrected chi connectivity index (χ3v) is 7.25. The summed E-state index contributed by atoms with van der Waals surface area (Å²) in [5, 5.41) is -0.156. The summed E-state index contributed by atoms with van der Waals surface area (Å²) < 4.78 is 36.6. The quantitative estimate of drug-likeness (QED) is 0.476. The zero-order valence-corrected chi connectivity index (χ0v) is 21.5. The van der Waals surface area contributed by atoms with Crippen LogP contribution < -0.4 is 10.3 Å². The summed E-state index contributed by atoms with van der Waals surface area (Å²) in [6.45, 7) is 6.23. The highest BCUT2D eigenvalue weighted by molar-refractivity contribution is 7.92. The molecule has 0 amide bonds. The van der Waals surface area contributed by atoms with E-state index in [4.69, 9.17) is 16.3 Å². The second-order valence-electron chi connectivity index (χ2n) is 8.94. The van der Waals surface area contributed by atoms with Gasteiger partial charge in [-0.25, -0.2) is 17.9 Å². The molecular weight excluding hydrogens is 494 g/mol. The van der Waals surface area contributed by atoms with Crippen molar-refractivity contribution < 1.29 is 22.7 Å². The van der Waals surface area contributed by atoms with E-state index in [1.165, 1.54) is 21.5 Å². The second-order valence-corrected chi connectivity index (χ2v) is 11.0. The molecule has 0 aliphatic rings. The number of anilines is 1. The number of Topliss-reactive ketones (excluding diaryl/α,β-unsaturated/α-hetero) is 1. The number of nitrogens with one attached hydrogen (secondary N) is 1. The molecule has 1 N–H and O–H groups in total. The lowest BCUT2D eigenvalue weighted by atomic mass is 9.91. The van der Waals surface area contributed by atoms with Crippen LogP contribution in [0.2, 0.25) is 5.02 Å². The van der Waals surface area contributed by atoms with E-state index in [-0.39, 0.29) is 22.1 Å². The molecule has 11 heteroatoms. The van der Waals surface area contributed by atoms with Crippen molar-refractivity contribution in [1.82, 2.24) is 9.36 Å². The molecule has 0 saturated heterocycles. The Bertz CT molecular complexity index is 1450.